The largest absolute Gasteiger partial charge is 0.277 e. The van der Waals surface area contributed by atoms with Crippen molar-refractivity contribution in [2.45, 2.75) is 25.7 Å². The molecular formula is C16H15ClN2O2S2. The normalized spacial score (nSPS) is 11.8. The molecule has 0 amide bonds. The van der Waals surface area contributed by atoms with E-state index in [9.17, 15) is 8.42 Å². The van der Waals surface area contributed by atoms with Crippen LogP contribution in [0.2, 0.25) is 5.02 Å². The molecule has 0 aliphatic heterocycles. The van der Waals surface area contributed by atoms with Gasteiger partial charge in [0, 0.05) is 5.02 Å². The molecule has 23 heavy (non-hydrogen) atoms. The third-order valence-corrected chi connectivity index (χ3v) is 6.46. The number of hydrogen-bond acceptors (Lipinski definition) is 4. The van der Waals surface area contributed by atoms with E-state index in [0.29, 0.717) is 21.8 Å². The number of hydrogen-bond donors (Lipinski definition) is 1. The van der Waals surface area contributed by atoms with E-state index in [2.05, 4.69) is 9.71 Å². The second kappa shape index (κ2) is 5.78. The summed E-state index contributed by atoms with van der Waals surface area (Å²) in [5.74, 6) is 0. The van der Waals surface area contributed by atoms with Crippen LogP contribution in [0.3, 0.4) is 0 Å². The third-order valence-electron chi connectivity index (χ3n) is 3.62. The van der Waals surface area contributed by atoms with Gasteiger partial charge in [0.1, 0.15) is 5.52 Å². The van der Waals surface area contributed by atoms with Gasteiger partial charge in [0.05, 0.1) is 20.3 Å². The predicted octanol–water partition coefficient (Wildman–Crippen LogP) is 4.68. The van der Waals surface area contributed by atoms with E-state index in [-0.39, 0.29) is 4.90 Å². The highest BCUT2D eigenvalue weighted by Crippen LogP contribution is 2.33. The number of fused-ring (bicyclic) bond motifs is 1. The van der Waals surface area contributed by atoms with E-state index < -0.39 is 10.0 Å². The molecule has 0 unspecified atom stereocenters. The minimum absolute atomic E-state index is 0.174. The summed E-state index contributed by atoms with van der Waals surface area (Å²) in [6.07, 6.45) is 0. The maximum Gasteiger partial charge on any atom is 0.262 e. The Bertz CT molecular complexity index is 1010. The molecule has 0 saturated carbocycles. The smallest absolute Gasteiger partial charge is 0.262 e. The Morgan fingerprint density at radius 1 is 1.13 bits per heavy atom. The fourth-order valence-corrected chi connectivity index (χ4v) is 4.88. The first-order valence-electron chi connectivity index (χ1n) is 6.94. The first-order valence-corrected chi connectivity index (χ1v) is 9.62. The van der Waals surface area contributed by atoms with Crippen molar-refractivity contribution in [2.24, 2.45) is 0 Å². The second-order valence-electron chi connectivity index (χ2n) is 5.31. The van der Waals surface area contributed by atoms with Gasteiger partial charge in [-0.25, -0.2) is 13.4 Å². The summed E-state index contributed by atoms with van der Waals surface area (Å²) in [6.45, 7) is 5.45. The molecule has 0 aliphatic carbocycles. The monoisotopic (exact) mass is 366 g/mol. The van der Waals surface area contributed by atoms with Gasteiger partial charge in [-0.1, -0.05) is 23.7 Å². The molecule has 0 aliphatic rings. The predicted molar refractivity (Wildman–Crippen MR) is 96.1 cm³/mol. The SMILES string of the molecule is Cc1nc2c(NS(=O)(=O)c3cccc(Cl)c3C)c(C)ccc2s1. The number of nitrogens with zero attached hydrogens (tertiary/aromatic N) is 1. The van der Waals surface area contributed by atoms with Gasteiger partial charge in [-0.15, -0.1) is 11.3 Å². The van der Waals surface area contributed by atoms with Crippen LogP contribution in [-0.4, -0.2) is 13.4 Å². The van der Waals surface area contributed by atoms with Crippen LogP contribution in [0, 0.1) is 20.8 Å². The Hall–Kier alpha value is -1.63. The molecule has 0 radical (unpaired) electrons. The van der Waals surface area contributed by atoms with Gasteiger partial charge in [0.2, 0.25) is 0 Å². The fourth-order valence-electron chi connectivity index (χ4n) is 2.40. The molecule has 0 fully saturated rings. The quantitative estimate of drug-likeness (QED) is 0.732. The molecule has 1 heterocycles. The molecule has 2 aromatic carbocycles. The van der Waals surface area contributed by atoms with E-state index in [1.807, 2.05) is 26.0 Å². The second-order valence-corrected chi connectivity index (χ2v) is 8.60. The Kier molecular flexibility index (Phi) is 4.08. The zero-order valence-electron chi connectivity index (χ0n) is 12.8. The van der Waals surface area contributed by atoms with Gasteiger partial charge >= 0.3 is 0 Å². The number of anilines is 1. The first-order chi connectivity index (χ1) is 10.8. The molecule has 7 heteroatoms. The summed E-state index contributed by atoms with van der Waals surface area (Å²) >= 11 is 7.58. The van der Waals surface area contributed by atoms with Crippen LogP contribution < -0.4 is 4.72 Å². The summed E-state index contributed by atoms with van der Waals surface area (Å²) in [7, 11) is -3.74. The van der Waals surface area contributed by atoms with Crippen LogP contribution in [0.5, 0.6) is 0 Å². The fraction of sp³-hybridized carbons (Fsp3) is 0.188. The van der Waals surface area contributed by atoms with E-state index in [1.165, 1.54) is 11.3 Å². The highest BCUT2D eigenvalue weighted by molar-refractivity contribution is 7.92. The number of aryl methyl sites for hydroxylation is 2. The van der Waals surface area contributed by atoms with E-state index in [1.54, 1.807) is 25.1 Å². The lowest BCUT2D eigenvalue weighted by Crippen LogP contribution is -2.15. The van der Waals surface area contributed by atoms with Crippen molar-refractivity contribution in [2.75, 3.05) is 4.72 Å². The van der Waals surface area contributed by atoms with Crippen molar-refractivity contribution >= 4 is 48.9 Å². The lowest BCUT2D eigenvalue weighted by molar-refractivity contribution is 0.600. The van der Waals surface area contributed by atoms with E-state index in [4.69, 9.17) is 11.6 Å². The average molecular weight is 367 g/mol. The van der Waals surface area contributed by atoms with Crippen LogP contribution in [0.4, 0.5) is 5.69 Å². The molecule has 120 valence electrons. The zero-order chi connectivity index (χ0) is 16.8. The van der Waals surface area contributed by atoms with Gasteiger partial charge in [0.15, 0.2) is 0 Å². The van der Waals surface area contributed by atoms with Crippen LogP contribution in [0.25, 0.3) is 10.2 Å². The molecule has 3 aromatic rings. The molecule has 0 atom stereocenters. The van der Waals surface area contributed by atoms with Gasteiger partial charge < -0.3 is 0 Å². The molecule has 1 aromatic heterocycles. The van der Waals surface area contributed by atoms with Gasteiger partial charge in [-0.3, -0.25) is 4.72 Å². The molecule has 1 N–H and O–H groups in total. The minimum atomic E-state index is -3.74. The van der Waals surface area contributed by atoms with Crippen LogP contribution in [0.15, 0.2) is 35.2 Å². The Balaban J connectivity index is 2.14. The number of sulfonamides is 1. The summed E-state index contributed by atoms with van der Waals surface area (Å²) in [4.78, 5) is 4.63. The lowest BCUT2D eigenvalue weighted by Gasteiger charge is -2.13. The van der Waals surface area contributed by atoms with E-state index in [0.717, 1.165) is 15.3 Å². The topological polar surface area (TPSA) is 59.1 Å². The lowest BCUT2D eigenvalue weighted by atomic mass is 10.2. The number of aromatic nitrogens is 1. The Morgan fingerprint density at radius 2 is 1.87 bits per heavy atom. The van der Waals surface area contributed by atoms with Gasteiger partial charge in [-0.2, -0.15) is 0 Å². The first kappa shape index (κ1) is 16.2. The zero-order valence-corrected chi connectivity index (χ0v) is 15.2. The Labute approximate surface area is 144 Å². The van der Waals surface area contributed by atoms with Crippen molar-refractivity contribution in [3.8, 4) is 0 Å². The maximum absolute atomic E-state index is 12.8. The third kappa shape index (κ3) is 2.94. The molecular weight excluding hydrogens is 352 g/mol. The summed E-state index contributed by atoms with van der Waals surface area (Å²) in [5, 5.41) is 1.32. The van der Waals surface area contributed by atoms with Crippen LogP contribution in [-0.2, 0) is 10.0 Å². The van der Waals surface area contributed by atoms with E-state index >= 15 is 0 Å². The summed E-state index contributed by atoms with van der Waals surface area (Å²) < 4.78 is 29.2. The standard InChI is InChI=1S/C16H15ClN2O2S2/c1-9-7-8-13-16(18-11(3)22-13)15(9)19-23(20,21)14-6-4-5-12(17)10(14)2/h4-8,19H,1-3H3. The van der Waals surface area contributed by atoms with Crippen molar-refractivity contribution in [1.82, 2.24) is 4.98 Å². The molecule has 0 bridgehead atoms. The summed E-state index contributed by atoms with van der Waals surface area (Å²) in [5.41, 5.74) is 2.55. The summed E-state index contributed by atoms with van der Waals surface area (Å²) in [6, 6.07) is 8.70. The number of rotatable bonds is 3. The number of benzene rings is 2. The van der Waals surface area contributed by atoms with Crippen molar-refractivity contribution in [3.63, 3.8) is 0 Å². The molecule has 0 saturated heterocycles. The number of halogens is 1. The number of thiazole rings is 1. The maximum atomic E-state index is 12.8. The number of nitrogens with one attached hydrogen (secondary N) is 1. The van der Waals surface area contributed by atoms with Gasteiger partial charge in [-0.05, 0) is 50.1 Å². The van der Waals surface area contributed by atoms with Crippen molar-refractivity contribution in [1.29, 1.82) is 0 Å². The van der Waals surface area contributed by atoms with Crippen LogP contribution >= 0.6 is 22.9 Å². The minimum Gasteiger partial charge on any atom is -0.277 e. The highest BCUT2D eigenvalue weighted by atomic mass is 35.5. The average Bonchev–Trinajstić information content (AvgIpc) is 2.86. The Morgan fingerprint density at radius 3 is 2.61 bits per heavy atom. The van der Waals surface area contributed by atoms with Gasteiger partial charge in [0.25, 0.3) is 10.0 Å². The van der Waals surface area contributed by atoms with Crippen LogP contribution in [0.1, 0.15) is 16.1 Å². The van der Waals surface area contributed by atoms with Crippen molar-refractivity contribution in [3.05, 3.63) is 51.5 Å². The van der Waals surface area contributed by atoms with Crippen molar-refractivity contribution < 1.29 is 8.42 Å². The molecule has 3 rings (SSSR count). The molecule has 4 nitrogen and oxygen atoms in total. The highest BCUT2D eigenvalue weighted by Gasteiger charge is 2.21. The molecule has 0 spiro atoms.